The van der Waals surface area contributed by atoms with Crippen molar-refractivity contribution in [2.24, 2.45) is 11.3 Å². The number of benzene rings is 3. The third-order valence-corrected chi connectivity index (χ3v) is 9.02. The number of piperidine rings is 1. The number of hydrogen-bond donors (Lipinski definition) is 0. The Labute approximate surface area is 207 Å². The molecule has 3 aromatic carbocycles. The Morgan fingerprint density at radius 3 is 2.06 bits per heavy atom. The molecule has 1 saturated heterocycles. The van der Waals surface area contributed by atoms with Crippen LogP contribution in [0.4, 0.5) is 0 Å². The first-order chi connectivity index (χ1) is 16.9. The summed E-state index contributed by atoms with van der Waals surface area (Å²) in [6.45, 7) is 7.88. The third kappa shape index (κ3) is 3.36. The molecule has 0 radical (unpaired) electrons. The van der Waals surface area contributed by atoms with Crippen molar-refractivity contribution in [2.75, 3.05) is 18.7 Å². The van der Waals surface area contributed by atoms with E-state index in [2.05, 4.69) is 120 Å². The van der Waals surface area contributed by atoms with E-state index in [4.69, 9.17) is 4.74 Å². The van der Waals surface area contributed by atoms with Gasteiger partial charge in [0, 0.05) is 34.6 Å². The third-order valence-electron chi connectivity index (χ3n) is 7.85. The number of ether oxygens (including phenoxy) is 1. The summed E-state index contributed by atoms with van der Waals surface area (Å²) in [6.07, 6.45) is 2.46. The molecule has 6 rings (SSSR count). The molecule has 4 aromatic rings. The summed E-state index contributed by atoms with van der Waals surface area (Å²) in [5, 5.41) is 4.70. The number of aromatic nitrogens is 1. The van der Waals surface area contributed by atoms with Gasteiger partial charge in [-0.2, -0.15) is 0 Å². The molecular weight excluding hydrogens is 448 g/mol. The van der Waals surface area contributed by atoms with Crippen molar-refractivity contribution in [3.05, 3.63) is 96.2 Å². The fourth-order valence-corrected chi connectivity index (χ4v) is 7.16. The molecule has 2 aliphatic rings. The molecule has 178 valence electrons. The molecule has 1 aliphatic carbocycles. The van der Waals surface area contributed by atoms with E-state index < -0.39 is 8.07 Å². The zero-order valence-electron chi connectivity index (χ0n) is 20.8. The van der Waals surface area contributed by atoms with E-state index in [1.54, 1.807) is 0 Å². The highest BCUT2D eigenvalue weighted by Gasteiger charge is 2.74. The monoisotopic (exact) mass is 480 g/mol. The van der Waals surface area contributed by atoms with Crippen LogP contribution >= 0.6 is 0 Å². The van der Waals surface area contributed by atoms with Crippen molar-refractivity contribution < 1.29 is 9.53 Å². The van der Waals surface area contributed by atoms with Crippen molar-refractivity contribution in [3.63, 3.8) is 0 Å². The van der Waals surface area contributed by atoms with Crippen molar-refractivity contribution in [2.45, 2.75) is 31.6 Å². The second-order valence-electron chi connectivity index (χ2n) is 11.1. The van der Waals surface area contributed by atoms with E-state index in [1.165, 1.54) is 23.4 Å². The van der Waals surface area contributed by atoms with Gasteiger partial charge in [0.15, 0.2) is 0 Å². The largest absolute Gasteiger partial charge is 0.467 e. The maximum Gasteiger partial charge on any atom is 0.330 e. The standard InChI is InChI=1S/C30H32N2O2Si/c1-34-29(33)28-27-26(21-12-6-5-7-13-21)30(27,18-19-35(2,3)4)20-31(28)32-24-16-10-8-14-22(24)23-15-9-11-17-25(23)32/h5-19,26-28H,20H2,1-4H3/b19-18+/t26-,27+,28-,30+/m0/s1. The molecule has 0 spiro atoms. The number of hydrogen-bond acceptors (Lipinski definition) is 3. The molecule has 35 heavy (non-hydrogen) atoms. The number of carbonyl (C=O) groups is 1. The second kappa shape index (κ2) is 7.85. The van der Waals surface area contributed by atoms with Gasteiger partial charge in [-0.15, -0.1) is 0 Å². The topological polar surface area (TPSA) is 34.5 Å². The highest BCUT2D eigenvalue weighted by molar-refractivity contribution is 6.80. The zero-order valence-corrected chi connectivity index (χ0v) is 21.8. The van der Waals surface area contributed by atoms with Gasteiger partial charge in [-0.1, -0.05) is 98.1 Å². The van der Waals surface area contributed by atoms with Crippen molar-refractivity contribution in [1.29, 1.82) is 0 Å². The first kappa shape index (κ1) is 22.2. The number of esters is 1. The number of methoxy groups -OCH3 is 1. The smallest absolute Gasteiger partial charge is 0.330 e. The van der Waals surface area contributed by atoms with E-state index in [9.17, 15) is 4.79 Å². The van der Waals surface area contributed by atoms with Crippen molar-refractivity contribution in [3.8, 4) is 0 Å². The van der Waals surface area contributed by atoms with Crippen LogP contribution in [0.15, 0.2) is 90.6 Å². The molecule has 1 aliphatic heterocycles. The Kier molecular flexibility index (Phi) is 4.97. The van der Waals surface area contributed by atoms with Crippen LogP contribution in [0.2, 0.25) is 19.6 Å². The summed E-state index contributed by atoms with van der Waals surface area (Å²) in [5.41, 5.74) is 5.95. The van der Waals surface area contributed by atoms with Crippen LogP contribution in [0.1, 0.15) is 11.5 Å². The molecule has 0 unspecified atom stereocenters. The van der Waals surface area contributed by atoms with Crippen LogP contribution in [0, 0.1) is 11.3 Å². The molecular formula is C30H32N2O2Si. The van der Waals surface area contributed by atoms with Crippen LogP contribution in [0.5, 0.6) is 0 Å². The van der Waals surface area contributed by atoms with E-state index in [0.29, 0.717) is 5.92 Å². The highest BCUT2D eigenvalue weighted by Crippen LogP contribution is 2.71. The molecule has 2 fully saturated rings. The fraction of sp³-hybridized carbons (Fsp3) is 0.300. The summed E-state index contributed by atoms with van der Waals surface area (Å²) in [6, 6.07) is 27.4. The van der Waals surface area contributed by atoms with E-state index >= 15 is 0 Å². The first-order valence-electron chi connectivity index (χ1n) is 12.4. The van der Waals surface area contributed by atoms with Gasteiger partial charge < -0.3 is 4.74 Å². The minimum absolute atomic E-state index is 0.0903. The first-order valence-corrected chi connectivity index (χ1v) is 16.0. The van der Waals surface area contributed by atoms with Gasteiger partial charge in [0.2, 0.25) is 0 Å². The molecule has 1 saturated carbocycles. The Bertz CT molecular complexity index is 1400. The molecule has 0 amide bonds. The van der Waals surface area contributed by atoms with E-state index in [-0.39, 0.29) is 23.3 Å². The molecule has 5 heteroatoms. The molecule has 0 bridgehead atoms. The summed E-state index contributed by atoms with van der Waals surface area (Å²) < 4.78 is 7.73. The minimum atomic E-state index is -1.43. The van der Waals surface area contributed by atoms with Crippen molar-refractivity contribution in [1.82, 2.24) is 4.68 Å². The van der Waals surface area contributed by atoms with Gasteiger partial charge in [-0.05, 0) is 17.7 Å². The van der Waals surface area contributed by atoms with Gasteiger partial charge in [0.05, 0.1) is 26.2 Å². The lowest BCUT2D eigenvalue weighted by Gasteiger charge is -2.32. The summed E-state index contributed by atoms with van der Waals surface area (Å²) in [7, 11) is 0.0872. The van der Waals surface area contributed by atoms with Gasteiger partial charge in [-0.3, -0.25) is 9.69 Å². The SMILES string of the molecule is COC(=O)[C@@H]1[C@H]2[C@H](c3ccccc3)[C@@]2(/C=C/[Si](C)(C)C)CN1n1c2ccccc2c2ccccc21. The minimum Gasteiger partial charge on any atom is -0.467 e. The van der Waals surface area contributed by atoms with Gasteiger partial charge in [0.25, 0.3) is 0 Å². The molecule has 0 N–H and O–H groups in total. The summed E-state index contributed by atoms with van der Waals surface area (Å²) >= 11 is 0. The molecule has 2 heterocycles. The number of carbonyl (C=O) groups excluding carboxylic acids is 1. The Morgan fingerprint density at radius 2 is 1.49 bits per heavy atom. The predicted octanol–water partition coefficient (Wildman–Crippen LogP) is 6.12. The van der Waals surface area contributed by atoms with Gasteiger partial charge in [0.1, 0.15) is 6.04 Å². The Balaban J connectivity index is 1.55. The van der Waals surface area contributed by atoms with E-state index in [1.807, 2.05) is 0 Å². The molecule has 4 nitrogen and oxygen atoms in total. The van der Waals surface area contributed by atoms with Crippen LogP contribution in [0.3, 0.4) is 0 Å². The quantitative estimate of drug-likeness (QED) is 0.255. The lowest BCUT2D eigenvalue weighted by atomic mass is 9.99. The number of nitrogens with zero attached hydrogens (tertiary/aromatic N) is 2. The summed E-state index contributed by atoms with van der Waals surface area (Å²) in [5.74, 6) is 0.327. The maximum absolute atomic E-state index is 13.5. The van der Waals surface area contributed by atoms with Gasteiger partial charge in [-0.25, -0.2) is 4.79 Å². The number of rotatable bonds is 5. The molecule has 1 aromatic heterocycles. The second-order valence-corrected chi connectivity index (χ2v) is 16.2. The predicted molar refractivity (Wildman–Crippen MR) is 146 cm³/mol. The summed E-state index contributed by atoms with van der Waals surface area (Å²) in [4.78, 5) is 13.5. The van der Waals surface area contributed by atoms with E-state index in [0.717, 1.165) is 17.6 Å². The lowest BCUT2D eigenvalue weighted by Crippen LogP contribution is -2.48. The van der Waals surface area contributed by atoms with Crippen LogP contribution in [-0.2, 0) is 9.53 Å². The molecule has 4 atom stereocenters. The highest BCUT2D eigenvalue weighted by atomic mass is 28.3. The van der Waals surface area contributed by atoms with Crippen LogP contribution < -0.4 is 5.01 Å². The zero-order chi connectivity index (χ0) is 24.4. The fourth-order valence-electron chi connectivity index (χ4n) is 6.35. The Morgan fingerprint density at radius 1 is 0.914 bits per heavy atom. The number of para-hydroxylation sites is 2. The maximum atomic E-state index is 13.5. The van der Waals surface area contributed by atoms with Crippen molar-refractivity contribution >= 4 is 35.8 Å². The van der Waals surface area contributed by atoms with Crippen LogP contribution in [0.25, 0.3) is 21.8 Å². The number of fused-ring (bicyclic) bond motifs is 4. The lowest BCUT2D eigenvalue weighted by molar-refractivity contribution is -0.142. The Hall–Kier alpha value is -3.31. The normalized spacial score (nSPS) is 25.9. The van der Waals surface area contributed by atoms with Gasteiger partial charge >= 0.3 is 5.97 Å². The van der Waals surface area contributed by atoms with Crippen LogP contribution in [-0.4, -0.2) is 38.4 Å². The average molecular weight is 481 g/mol. The average Bonchev–Trinajstić information content (AvgIpc) is 3.19.